The Hall–Kier alpha value is -2.62. The van der Waals surface area contributed by atoms with E-state index < -0.39 is 0 Å². The van der Waals surface area contributed by atoms with Crippen LogP contribution in [0.25, 0.3) is 0 Å². The molecule has 21 heavy (non-hydrogen) atoms. The minimum atomic E-state index is -0.0237. The number of carbonyl (C=O) groups excluding carboxylic acids is 1. The van der Waals surface area contributed by atoms with Crippen molar-refractivity contribution in [1.82, 2.24) is 9.88 Å². The highest BCUT2D eigenvalue weighted by Crippen LogP contribution is 2.14. The number of carbonyl (C=O) groups is 1. The molecule has 4 nitrogen and oxygen atoms in total. The highest BCUT2D eigenvalue weighted by Gasteiger charge is 2.02. The SMILES string of the molecule is CN(C)/C=C/C(=O)c1ccc(OCc2ccncc2)cc1. The van der Waals surface area contributed by atoms with E-state index in [2.05, 4.69) is 4.98 Å². The second-order valence-electron chi connectivity index (χ2n) is 4.81. The van der Waals surface area contributed by atoms with E-state index in [0.717, 1.165) is 11.3 Å². The highest BCUT2D eigenvalue weighted by atomic mass is 16.5. The molecule has 0 bridgehead atoms. The van der Waals surface area contributed by atoms with Crippen LogP contribution in [0.4, 0.5) is 0 Å². The number of hydrogen-bond donors (Lipinski definition) is 0. The third kappa shape index (κ3) is 4.76. The number of nitrogens with zero attached hydrogens (tertiary/aromatic N) is 2. The Bertz CT molecular complexity index is 604. The number of pyridine rings is 1. The molecule has 0 saturated heterocycles. The zero-order valence-corrected chi connectivity index (χ0v) is 12.2. The summed E-state index contributed by atoms with van der Waals surface area (Å²) >= 11 is 0. The summed E-state index contributed by atoms with van der Waals surface area (Å²) in [4.78, 5) is 17.7. The quantitative estimate of drug-likeness (QED) is 0.603. The van der Waals surface area contributed by atoms with Crippen molar-refractivity contribution >= 4 is 5.78 Å². The average Bonchev–Trinajstić information content (AvgIpc) is 2.52. The number of hydrogen-bond acceptors (Lipinski definition) is 4. The fourth-order valence-electron chi connectivity index (χ4n) is 1.67. The number of aromatic nitrogens is 1. The van der Waals surface area contributed by atoms with Gasteiger partial charge in [0.1, 0.15) is 12.4 Å². The third-order valence-electron chi connectivity index (χ3n) is 2.82. The van der Waals surface area contributed by atoms with Crippen LogP contribution in [0, 0.1) is 0 Å². The number of rotatable bonds is 6. The van der Waals surface area contributed by atoms with Gasteiger partial charge in [0.2, 0.25) is 0 Å². The standard InChI is InChI=1S/C17H18N2O2/c1-19(2)12-9-17(20)15-3-5-16(6-4-15)21-13-14-7-10-18-11-8-14/h3-12H,13H2,1-2H3/b12-9+. The lowest BCUT2D eigenvalue weighted by molar-refractivity contribution is 0.104. The number of ether oxygens (including phenoxy) is 1. The maximum absolute atomic E-state index is 11.9. The van der Waals surface area contributed by atoms with Crippen molar-refractivity contribution in [2.24, 2.45) is 0 Å². The van der Waals surface area contributed by atoms with Gasteiger partial charge in [0.05, 0.1) is 0 Å². The Morgan fingerprint density at radius 3 is 2.43 bits per heavy atom. The maximum Gasteiger partial charge on any atom is 0.187 e. The Kier molecular flexibility index (Phi) is 5.10. The van der Waals surface area contributed by atoms with Crippen molar-refractivity contribution in [2.45, 2.75) is 6.61 Å². The topological polar surface area (TPSA) is 42.4 Å². The van der Waals surface area contributed by atoms with Crippen LogP contribution in [-0.4, -0.2) is 29.8 Å². The van der Waals surface area contributed by atoms with Crippen LogP contribution in [0.2, 0.25) is 0 Å². The number of allylic oxidation sites excluding steroid dienone is 1. The molecule has 1 aromatic carbocycles. The van der Waals surface area contributed by atoms with Gasteiger partial charge in [0, 0.05) is 44.3 Å². The normalized spacial score (nSPS) is 10.6. The van der Waals surface area contributed by atoms with Gasteiger partial charge in [-0.05, 0) is 42.0 Å². The molecule has 0 fully saturated rings. The smallest absolute Gasteiger partial charge is 0.187 e. The van der Waals surface area contributed by atoms with E-state index in [1.165, 1.54) is 0 Å². The summed E-state index contributed by atoms with van der Waals surface area (Å²) in [6, 6.07) is 11.0. The number of benzene rings is 1. The van der Waals surface area contributed by atoms with Crippen LogP contribution in [-0.2, 0) is 6.61 Å². The van der Waals surface area contributed by atoms with Gasteiger partial charge in [-0.25, -0.2) is 0 Å². The van der Waals surface area contributed by atoms with E-state index in [1.807, 2.05) is 31.1 Å². The fourth-order valence-corrected chi connectivity index (χ4v) is 1.67. The predicted molar refractivity (Wildman–Crippen MR) is 82.2 cm³/mol. The van der Waals surface area contributed by atoms with Gasteiger partial charge < -0.3 is 9.64 Å². The Morgan fingerprint density at radius 1 is 1.14 bits per heavy atom. The lowest BCUT2D eigenvalue weighted by Crippen LogP contribution is -2.03. The molecule has 0 saturated carbocycles. The molecule has 108 valence electrons. The molecule has 0 aliphatic carbocycles. The molecule has 0 radical (unpaired) electrons. The summed E-state index contributed by atoms with van der Waals surface area (Å²) in [5, 5.41) is 0. The highest BCUT2D eigenvalue weighted by molar-refractivity contribution is 6.04. The van der Waals surface area contributed by atoms with Gasteiger partial charge in [-0.15, -0.1) is 0 Å². The molecule has 2 aromatic rings. The second kappa shape index (κ2) is 7.24. The molecule has 4 heteroatoms. The molecule has 0 unspecified atom stereocenters. The van der Waals surface area contributed by atoms with Gasteiger partial charge >= 0.3 is 0 Å². The van der Waals surface area contributed by atoms with Crippen LogP contribution in [0.15, 0.2) is 61.1 Å². The molecule has 0 N–H and O–H groups in total. The fraction of sp³-hybridized carbons (Fsp3) is 0.176. The molecule has 0 spiro atoms. The third-order valence-corrected chi connectivity index (χ3v) is 2.82. The lowest BCUT2D eigenvalue weighted by Gasteiger charge is -2.07. The van der Waals surface area contributed by atoms with E-state index in [1.54, 1.807) is 48.9 Å². The van der Waals surface area contributed by atoms with Gasteiger partial charge in [-0.1, -0.05) is 0 Å². The summed E-state index contributed by atoms with van der Waals surface area (Å²) in [6.07, 6.45) is 6.75. The van der Waals surface area contributed by atoms with E-state index in [9.17, 15) is 4.79 Å². The summed E-state index contributed by atoms with van der Waals surface area (Å²) in [6.45, 7) is 0.482. The largest absolute Gasteiger partial charge is 0.489 e. The first kappa shape index (κ1) is 14.8. The molecule has 1 aromatic heterocycles. The maximum atomic E-state index is 11.9. The van der Waals surface area contributed by atoms with Gasteiger partial charge in [0.25, 0.3) is 0 Å². The van der Waals surface area contributed by atoms with Crippen LogP contribution in [0.5, 0.6) is 5.75 Å². The van der Waals surface area contributed by atoms with Crippen LogP contribution in [0.3, 0.4) is 0 Å². The van der Waals surface area contributed by atoms with Gasteiger partial charge in [-0.3, -0.25) is 9.78 Å². The Labute approximate surface area is 124 Å². The zero-order valence-electron chi connectivity index (χ0n) is 12.2. The van der Waals surface area contributed by atoms with Gasteiger partial charge in [0.15, 0.2) is 5.78 Å². The summed E-state index contributed by atoms with van der Waals surface area (Å²) in [5.41, 5.74) is 1.70. The Balaban J connectivity index is 1.94. The van der Waals surface area contributed by atoms with E-state index in [4.69, 9.17) is 4.74 Å². The van der Waals surface area contributed by atoms with E-state index >= 15 is 0 Å². The summed E-state index contributed by atoms with van der Waals surface area (Å²) in [5.74, 6) is 0.712. The van der Waals surface area contributed by atoms with Crippen molar-refractivity contribution in [3.05, 3.63) is 72.2 Å². The van der Waals surface area contributed by atoms with Crippen molar-refractivity contribution < 1.29 is 9.53 Å². The Morgan fingerprint density at radius 2 is 1.81 bits per heavy atom. The van der Waals surface area contributed by atoms with Crippen molar-refractivity contribution in [1.29, 1.82) is 0 Å². The molecule has 1 heterocycles. The van der Waals surface area contributed by atoms with E-state index in [0.29, 0.717) is 12.2 Å². The van der Waals surface area contributed by atoms with Crippen molar-refractivity contribution in [2.75, 3.05) is 14.1 Å². The molecule has 0 aliphatic heterocycles. The lowest BCUT2D eigenvalue weighted by atomic mass is 10.1. The van der Waals surface area contributed by atoms with Crippen LogP contribution < -0.4 is 4.74 Å². The first-order chi connectivity index (χ1) is 10.1. The van der Waals surface area contributed by atoms with Crippen LogP contribution >= 0.6 is 0 Å². The average molecular weight is 282 g/mol. The monoisotopic (exact) mass is 282 g/mol. The van der Waals surface area contributed by atoms with E-state index in [-0.39, 0.29) is 5.78 Å². The second-order valence-corrected chi connectivity index (χ2v) is 4.81. The summed E-state index contributed by atoms with van der Waals surface area (Å²) in [7, 11) is 3.75. The molecule has 2 rings (SSSR count). The predicted octanol–water partition coefficient (Wildman–Crippen LogP) is 2.92. The molecule has 0 amide bonds. The molecule has 0 atom stereocenters. The minimum absolute atomic E-state index is 0.0237. The zero-order chi connectivity index (χ0) is 15.1. The minimum Gasteiger partial charge on any atom is -0.489 e. The van der Waals surface area contributed by atoms with Crippen molar-refractivity contribution in [3.63, 3.8) is 0 Å². The molecule has 0 aliphatic rings. The first-order valence-corrected chi connectivity index (χ1v) is 6.66. The van der Waals surface area contributed by atoms with Crippen LogP contribution in [0.1, 0.15) is 15.9 Å². The van der Waals surface area contributed by atoms with Crippen molar-refractivity contribution in [3.8, 4) is 5.75 Å². The first-order valence-electron chi connectivity index (χ1n) is 6.66. The molecular formula is C17H18N2O2. The summed E-state index contributed by atoms with van der Waals surface area (Å²) < 4.78 is 5.66. The number of ketones is 1. The van der Waals surface area contributed by atoms with Gasteiger partial charge in [-0.2, -0.15) is 0 Å². The molecular weight excluding hydrogens is 264 g/mol.